The molecular formula is C11H18N2O3S2. The van der Waals surface area contributed by atoms with Crippen LogP contribution in [0.5, 0.6) is 0 Å². The van der Waals surface area contributed by atoms with Crippen molar-refractivity contribution in [1.29, 1.82) is 0 Å². The lowest BCUT2D eigenvalue weighted by atomic mass is 9.96. The van der Waals surface area contributed by atoms with Crippen molar-refractivity contribution in [2.24, 2.45) is 5.92 Å². The van der Waals surface area contributed by atoms with Gasteiger partial charge in [0.1, 0.15) is 4.32 Å². The summed E-state index contributed by atoms with van der Waals surface area (Å²) in [7, 11) is 1.33. The van der Waals surface area contributed by atoms with Crippen molar-refractivity contribution in [2.45, 2.75) is 19.3 Å². The summed E-state index contributed by atoms with van der Waals surface area (Å²) in [4.78, 5) is 24.7. The fourth-order valence-corrected chi connectivity index (χ4v) is 2.25. The summed E-state index contributed by atoms with van der Waals surface area (Å²) >= 11 is 9.09. The van der Waals surface area contributed by atoms with E-state index in [9.17, 15) is 9.59 Å². The zero-order chi connectivity index (χ0) is 13.5. The third-order valence-electron chi connectivity index (χ3n) is 2.99. The maximum atomic E-state index is 11.8. The second-order valence-electron chi connectivity index (χ2n) is 4.16. The summed E-state index contributed by atoms with van der Waals surface area (Å²) in [6.07, 6.45) is 1.75. The Morgan fingerprint density at radius 2 is 2.06 bits per heavy atom. The molecule has 18 heavy (non-hydrogen) atoms. The number of amides is 1. The molecule has 1 fully saturated rings. The number of thiocarbonyl (C=S) groups is 1. The van der Waals surface area contributed by atoms with Crippen LogP contribution in [0.15, 0.2) is 0 Å². The highest BCUT2D eigenvalue weighted by molar-refractivity contribution is 8.10. The Kier molecular flexibility index (Phi) is 6.42. The molecule has 0 spiro atoms. The van der Waals surface area contributed by atoms with Crippen LogP contribution >= 0.6 is 24.8 Å². The Balaban J connectivity index is 2.24. The second-order valence-corrected chi connectivity index (χ2v) is 5.27. The number of carbonyl (C=O) groups excluding carboxylic acids is 2. The van der Waals surface area contributed by atoms with Gasteiger partial charge >= 0.3 is 5.97 Å². The molecule has 0 unspecified atom stereocenters. The average Bonchev–Trinajstić information content (AvgIpc) is 2.38. The maximum absolute atomic E-state index is 11.8. The van der Waals surface area contributed by atoms with Gasteiger partial charge in [-0.15, -0.1) is 12.6 Å². The van der Waals surface area contributed by atoms with Gasteiger partial charge in [0, 0.05) is 25.6 Å². The topological polar surface area (TPSA) is 58.6 Å². The van der Waals surface area contributed by atoms with Gasteiger partial charge in [-0.1, -0.05) is 12.2 Å². The molecule has 1 aliphatic rings. The molecule has 1 heterocycles. The minimum atomic E-state index is -0.314. The van der Waals surface area contributed by atoms with Crippen molar-refractivity contribution in [3.63, 3.8) is 0 Å². The third kappa shape index (κ3) is 4.81. The van der Waals surface area contributed by atoms with Gasteiger partial charge in [0.15, 0.2) is 0 Å². The Bertz CT molecular complexity index is 328. The molecule has 1 N–H and O–H groups in total. The predicted octanol–water partition coefficient (Wildman–Crippen LogP) is 0.592. The highest BCUT2D eigenvalue weighted by Crippen LogP contribution is 2.18. The number of piperidine rings is 1. The quantitative estimate of drug-likeness (QED) is 0.451. The monoisotopic (exact) mass is 290 g/mol. The van der Waals surface area contributed by atoms with Gasteiger partial charge in [0.25, 0.3) is 0 Å². The van der Waals surface area contributed by atoms with E-state index in [0.717, 1.165) is 25.9 Å². The first-order chi connectivity index (χ1) is 8.54. The van der Waals surface area contributed by atoms with E-state index in [2.05, 4.69) is 22.7 Å². The molecule has 1 amide bonds. The fraction of sp³-hybridized carbons (Fsp3) is 0.727. The minimum Gasteiger partial charge on any atom is -0.469 e. The zero-order valence-corrected chi connectivity index (χ0v) is 12.1. The number of hydrogen-bond donors (Lipinski definition) is 2. The summed E-state index contributed by atoms with van der Waals surface area (Å²) < 4.78 is 5.08. The van der Waals surface area contributed by atoms with E-state index in [4.69, 9.17) is 12.2 Å². The van der Waals surface area contributed by atoms with E-state index in [1.807, 2.05) is 4.90 Å². The molecule has 0 aromatic rings. The average molecular weight is 290 g/mol. The van der Waals surface area contributed by atoms with Gasteiger partial charge in [-0.05, 0) is 12.8 Å². The number of nitrogens with zero attached hydrogens (tertiary/aromatic N) is 1. The maximum Gasteiger partial charge on any atom is 0.307 e. The lowest BCUT2D eigenvalue weighted by Crippen LogP contribution is -2.41. The van der Waals surface area contributed by atoms with Crippen LogP contribution in [-0.4, -0.2) is 47.8 Å². The normalized spacial score (nSPS) is 16.2. The van der Waals surface area contributed by atoms with Gasteiger partial charge in [-0.3, -0.25) is 9.59 Å². The molecule has 1 rings (SSSR count). The molecule has 0 bridgehead atoms. The summed E-state index contributed by atoms with van der Waals surface area (Å²) in [6, 6.07) is 0. The van der Waals surface area contributed by atoms with Gasteiger partial charge < -0.3 is 15.0 Å². The lowest BCUT2D eigenvalue weighted by molar-refractivity contribution is -0.140. The molecule has 1 aliphatic heterocycles. The summed E-state index contributed by atoms with van der Waals surface area (Å²) in [5.41, 5.74) is 0. The van der Waals surface area contributed by atoms with Crippen molar-refractivity contribution in [3.05, 3.63) is 0 Å². The van der Waals surface area contributed by atoms with Crippen molar-refractivity contribution in [1.82, 2.24) is 10.2 Å². The van der Waals surface area contributed by atoms with Crippen molar-refractivity contribution in [2.75, 3.05) is 26.7 Å². The smallest absolute Gasteiger partial charge is 0.307 e. The van der Waals surface area contributed by atoms with E-state index >= 15 is 0 Å². The van der Waals surface area contributed by atoms with Crippen LogP contribution in [0.4, 0.5) is 0 Å². The largest absolute Gasteiger partial charge is 0.469 e. The van der Waals surface area contributed by atoms with Crippen molar-refractivity contribution in [3.8, 4) is 0 Å². The number of esters is 1. The number of carbonyl (C=O) groups is 2. The van der Waals surface area contributed by atoms with E-state index in [-0.39, 0.29) is 24.2 Å². The lowest BCUT2D eigenvalue weighted by Gasteiger charge is -2.31. The molecule has 7 heteroatoms. The van der Waals surface area contributed by atoms with E-state index in [0.29, 0.717) is 10.9 Å². The van der Waals surface area contributed by atoms with Crippen LogP contribution < -0.4 is 5.32 Å². The number of nitrogens with one attached hydrogen (secondary N) is 1. The Morgan fingerprint density at radius 3 is 2.56 bits per heavy atom. The first-order valence-electron chi connectivity index (χ1n) is 5.87. The van der Waals surface area contributed by atoms with Crippen LogP contribution in [-0.2, 0) is 14.3 Å². The van der Waals surface area contributed by atoms with Gasteiger partial charge in [-0.25, -0.2) is 0 Å². The Morgan fingerprint density at radius 1 is 1.44 bits per heavy atom. The Labute approximate surface area is 118 Å². The SMILES string of the molecule is COC(=O)CCNC(=O)C1CCN(C(=S)S)CC1. The molecule has 0 atom stereocenters. The number of likely N-dealkylation sites (tertiary alicyclic amines) is 1. The predicted molar refractivity (Wildman–Crippen MR) is 75.5 cm³/mol. The third-order valence-corrected chi connectivity index (χ3v) is 3.53. The van der Waals surface area contributed by atoms with Crippen molar-refractivity contribution < 1.29 is 14.3 Å². The van der Waals surface area contributed by atoms with Crippen molar-refractivity contribution >= 4 is 41.0 Å². The minimum absolute atomic E-state index is 0.00146. The standard InChI is InChI=1S/C11H18N2O3S2/c1-16-9(14)2-5-12-10(15)8-3-6-13(7-4-8)11(17)18/h8H,2-7H2,1H3,(H,12,15)(H,17,18). The highest BCUT2D eigenvalue weighted by atomic mass is 32.1. The number of ether oxygens (including phenoxy) is 1. The van der Waals surface area contributed by atoms with Crippen LogP contribution in [0.1, 0.15) is 19.3 Å². The first-order valence-corrected chi connectivity index (χ1v) is 6.72. The van der Waals surface area contributed by atoms with Crippen LogP contribution in [0.25, 0.3) is 0 Å². The van der Waals surface area contributed by atoms with E-state index in [1.165, 1.54) is 7.11 Å². The number of hydrogen-bond acceptors (Lipinski definition) is 4. The molecule has 0 aromatic carbocycles. The summed E-state index contributed by atoms with van der Waals surface area (Å²) in [5, 5.41) is 2.75. The molecular weight excluding hydrogens is 272 g/mol. The molecule has 1 saturated heterocycles. The first kappa shape index (κ1) is 15.2. The Hall–Kier alpha value is -0.820. The van der Waals surface area contributed by atoms with Gasteiger partial charge in [-0.2, -0.15) is 0 Å². The second kappa shape index (κ2) is 7.58. The molecule has 5 nitrogen and oxygen atoms in total. The molecule has 0 radical (unpaired) electrons. The zero-order valence-electron chi connectivity index (χ0n) is 10.3. The van der Waals surface area contributed by atoms with Crippen LogP contribution in [0.3, 0.4) is 0 Å². The van der Waals surface area contributed by atoms with E-state index < -0.39 is 0 Å². The van der Waals surface area contributed by atoms with Crippen LogP contribution in [0, 0.1) is 5.92 Å². The van der Waals surface area contributed by atoms with Crippen LogP contribution in [0.2, 0.25) is 0 Å². The van der Waals surface area contributed by atoms with Gasteiger partial charge in [0.05, 0.1) is 13.5 Å². The summed E-state index contributed by atoms with van der Waals surface area (Å²) in [6.45, 7) is 1.85. The number of thiol groups is 1. The number of rotatable bonds is 4. The molecule has 0 saturated carbocycles. The summed E-state index contributed by atoms with van der Waals surface area (Å²) in [5.74, 6) is -0.309. The molecule has 0 aromatic heterocycles. The van der Waals surface area contributed by atoms with Gasteiger partial charge in [0.2, 0.25) is 5.91 Å². The fourth-order valence-electron chi connectivity index (χ4n) is 1.87. The number of methoxy groups -OCH3 is 1. The molecule has 0 aliphatic carbocycles. The molecule has 102 valence electrons. The van der Waals surface area contributed by atoms with E-state index in [1.54, 1.807) is 0 Å². The highest BCUT2D eigenvalue weighted by Gasteiger charge is 2.25.